The van der Waals surface area contributed by atoms with Gasteiger partial charge in [0.15, 0.2) is 0 Å². The summed E-state index contributed by atoms with van der Waals surface area (Å²) in [7, 11) is 0. The molecule has 7 heteroatoms. The van der Waals surface area contributed by atoms with Crippen LogP contribution in [0.1, 0.15) is 75.6 Å². The number of azo groups is 1. The van der Waals surface area contributed by atoms with Gasteiger partial charge in [0.1, 0.15) is 28.7 Å². The summed E-state index contributed by atoms with van der Waals surface area (Å²) in [6, 6.07) is 18.6. The summed E-state index contributed by atoms with van der Waals surface area (Å²) in [4.78, 5) is 12.5. The minimum atomic E-state index is -0.527. The molecule has 202 valence electrons. The van der Waals surface area contributed by atoms with E-state index in [2.05, 4.69) is 24.1 Å². The number of hydrogen-bond acceptors (Lipinski definition) is 7. The number of aromatic hydroxyl groups is 1. The van der Waals surface area contributed by atoms with Crippen LogP contribution in [0.2, 0.25) is 0 Å². The second-order valence-electron chi connectivity index (χ2n) is 9.08. The quantitative estimate of drug-likeness (QED) is 0.0884. The summed E-state index contributed by atoms with van der Waals surface area (Å²) in [5, 5.41) is 18.6. The normalized spacial score (nSPS) is 11.0. The molecule has 0 aromatic heterocycles. The van der Waals surface area contributed by atoms with Crippen molar-refractivity contribution in [3.8, 4) is 23.0 Å². The number of hydrogen-bond donors (Lipinski definition) is 1. The zero-order valence-corrected chi connectivity index (χ0v) is 22.4. The van der Waals surface area contributed by atoms with Crippen molar-refractivity contribution in [3.05, 3.63) is 72.3 Å². The number of benzene rings is 3. The van der Waals surface area contributed by atoms with Gasteiger partial charge in [-0.15, -0.1) is 5.11 Å². The lowest BCUT2D eigenvalue weighted by Gasteiger charge is -2.08. The molecule has 3 rings (SSSR count). The molecule has 0 heterocycles. The summed E-state index contributed by atoms with van der Waals surface area (Å²) in [5.41, 5.74) is 1.29. The summed E-state index contributed by atoms with van der Waals surface area (Å²) >= 11 is 0. The van der Waals surface area contributed by atoms with E-state index in [0.717, 1.165) is 30.8 Å². The van der Waals surface area contributed by atoms with Gasteiger partial charge in [-0.25, -0.2) is 4.79 Å². The lowest BCUT2D eigenvalue weighted by molar-refractivity contribution is 0.0734. The second-order valence-corrected chi connectivity index (χ2v) is 9.08. The first kappa shape index (κ1) is 28.7. The highest BCUT2D eigenvalue weighted by molar-refractivity contribution is 5.91. The Morgan fingerprint density at radius 1 is 0.684 bits per heavy atom. The molecular weight excluding hydrogens is 480 g/mol. The van der Waals surface area contributed by atoms with Crippen LogP contribution in [0, 0.1) is 0 Å². The number of carbonyl (C=O) groups excluding carboxylic acids is 1. The fourth-order valence-electron chi connectivity index (χ4n) is 3.66. The number of esters is 1. The van der Waals surface area contributed by atoms with Crippen LogP contribution in [-0.4, -0.2) is 24.3 Å². The van der Waals surface area contributed by atoms with Gasteiger partial charge < -0.3 is 19.3 Å². The number of rotatable bonds is 16. The van der Waals surface area contributed by atoms with E-state index in [0.29, 0.717) is 24.5 Å². The topological polar surface area (TPSA) is 89.7 Å². The van der Waals surface area contributed by atoms with Crippen molar-refractivity contribution in [2.24, 2.45) is 10.2 Å². The van der Waals surface area contributed by atoms with E-state index in [1.807, 2.05) is 12.1 Å². The molecule has 0 bridgehead atoms. The van der Waals surface area contributed by atoms with E-state index >= 15 is 0 Å². The molecule has 0 aliphatic heterocycles. The Hall–Kier alpha value is -3.87. The molecule has 0 radical (unpaired) electrons. The first-order chi connectivity index (χ1) is 18.6. The summed E-state index contributed by atoms with van der Waals surface area (Å²) in [6.07, 6.45) is 9.19. The summed E-state index contributed by atoms with van der Waals surface area (Å²) in [5.74, 6) is 1.05. The zero-order chi connectivity index (χ0) is 27.0. The third-order valence-electron chi connectivity index (χ3n) is 5.89. The SMILES string of the molecule is CCCCCCOc1ccc(N=Nc2ccc(OC(=O)c3ccc(OCCCCCC)cc3)cc2O)cc1. The standard InChI is InChI=1S/C31H38N2O5/c1-3-5-7-9-21-36-26-15-11-24(12-16-26)31(35)38-28-19-20-29(30(34)23-28)33-32-25-13-17-27(18-14-25)37-22-10-8-6-4-2/h11-20,23,34H,3-10,21-22H2,1-2H3. The molecule has 0 saturated heterocycles. The lowest BCUT2D eigenvalue weighted by Crippen LogP contribution is -2.08. The highest BCUT2D eigenvalue weighted by Gasteiger charge is 2.11. The third kappa shape index (κ3) is 9.88. The van der Waals surface area contributed by atoms with E-state index in [4.69, 9.17) is 14.2 Å². The predicted molar refractivity (Wildman–Crippen MR) is 149 cm³/mol. The van der Waals surface area contributed by atoms with Crippen molar-refractivity contribution in [1.29, 1.82) is 0 Å². The van der Waals surface area contributed by atoms with Crippen LogP contribution in [0.25, 0.3) is 0 Å². The number of nitrogens with zero attached hydrogens (tertiary/aromatic N) is 2. The van der Waals surface area contributed by atoms with Crippen molar-refractivity contribution in [1.82, 2.24) is 0 Å². The van der Waals surface area contributed by atoms with E-state index in [-0.39, 0.29) is 17.2 Å². The number of phenolic OH excluding ortho intramolecular Hbond substituents is 1. The fourth-order valence-corrected chi connectivity index (χ4v) is 3.66. The highest BCUT2D eigenvalue weighted by atomic mass is 16.5. The lowest BCUT2D eigenvalue weighted by atomic mass is 10.2. The van der Waals surface area contributed by atoms with Crippen LogP contribution in [0.5, 0.6) is 23.0 Å². The van der Waals surface area contributed by atoms with Crippen LogP contribution >= 0.6 is 0 Å². The molecule has 0 atom stereocenters. The molecule has 0 fully saturated rings. The Morgan fingerprint density at radius 3 is 1.79 bits per heavy atom. The zero-order valence-electron chi connectivity index (χ0n) is 22.4. The highest BCUT2D eigenvalue weighted by Crippen LogP contribution is 2.32. The van der Waals surface area contributed by atoms with Crippen LogP contribution in [-0.2, 0) is 0 Å². The van der Waals surface area contributed by atoms with Crippen molar-refractivity contribution in [2.45, 2.75) is 65.2 Å². The molecule has 3 aromatic carbocycles. The Kier molecular flexibility index (Phi) is 12.1. The molecule has 7 nitrogen and oxygen atoms in total. The van der Waals surface area contributed by atoms with E-state index < -0.39 is 5.97 Å². The van der Waals surface area contributed by atoms with Gasteiger partial charge in [0.25, 0.3) is 0 Å². The molecule has 1 N–H and O–H groups in total. The molecule has 0 aliphatic rings. The molecule has 0 aliphatic carbocycles. The number of carbonyl (C=O) groups is 1. The Balaban J connectivity index is 1.48. The van der Waals surface area contributed by atoms with Crippen molar-refractivity contribution in [2.75, 3.05) is 13.2 Å². The van der Waals surface area contributed by atoms with Crippen molar-refractivity contribution >= 4 is 17.3 Å². The Bertz CT molecular complexity index is 1140. The van der Waals surface area contributed by atoms with Crippen LogP contribution in [0.3, 0.4) is 0 Å². The minimum Gasteiger partial charge on any atom is -0.505 e. The van der Waals surface area contributed by atoms with E-state index in [1.54, 1.807) is 48.5 Å². The predicted octanol–water partition coefficient (Wildman–Crippen LogP) is 8.95. The van der Waals surface area contributed by atoms with Gasteiger partial charge in [-0.3, -0.25) is 0 Å². The molecule has 0 spiro atoms. The Morgan fingerprint density at radius 2 is 1.24 bits per heavy atom. The average Bonchev–Trinajstić information content (AvgIpc) is 2.93. The number of phenols is 1. The largest absolute Gasteiger partial charge is 0.505 e. The molecule has 3 aromatic rings. The monoisotopic (exact) mass is 518 g/mol. The second kappa shape index (κ2) is 16.1. The maximum atomic E-state index is 12.5. The maximum absolute atomic E-state index is 12.5. The van der Waals surface area contributed by atoms with Gasteiger partial charge in [-0.05, 0) is 73.5 Å². The van der Waals surface area contributed by atoms with Gasteiger partial charge in [0, 0.05) is 6.07 Å². The fraction of sp³-hybridized carbons (Fsp3) is 0.387. The van der Waals surface area contributed by atoms with Crippen LogP contribution < -0.4 is 14.2 Å². The number of ether oxygens (including phenoxy) is 3. The molecule has 0 amide bonds. The number of unbranched alkanes of at least 4 members (excludes halogenated alkanes) is 6. The van der Waals surface area contributed by atoms with Crippen molar-refractivity contribution in [3.63, 3.8) is 0 Å². The van der Waals surface area contributed by atoms with E-state index in [1.165, 1.54) is 38.2 Å². The van der Waals surface area contributed by atoms with Crippen molar-refractivity contribution < 1.29 is 24.1 Å². The maximum Gasteiger partial charge on any atom is 0.343 e. The van der Waals surface area contributed by atoms with Gasteiger partial charge in [0.05, 0.1) is 24.5 Å². The van der Waals surface area contributed by atoms with Crippen LogP contribution in [0.15, 0.2) is 77.0 Å². The van der Waals surface area contributed by atoms with Crippen LogP contribution in [0.4, 0.5) is 11.4 Å². The molecular formula is C31H38N2O5. The van der Waals surface area contributed by atoms with Gasteiger partial charge in [-0.1, -0.05) is 52.4 Å². The smallest absolute Gasteiger partial charge is 0.343 e. The minimum absolute atomic E-state index is 0.141. The first-order valence-corrected chi connectivity index (χ1v) is 13.5. The first-order valence-electron chi connectivity index (χ1n) is 13.5. The Labute approximate surface area is 225 Å². The third-order valence-corrected chi connectivity index (χ3v) is 5.89. The van der Waals surface area contributed by atoms with Gasteiger partial charge in [0.2, 0.25) is 0 Å². The molecule has 38 heavy (non-hydrogen) atoms. The van der Waals surface area contributed by atoms with E-state index in [9.17, 15) is 9.90 Å². The van der Waals surface area contributed by atoms with Gasteiger partial charge in [-0.2, -0.15) is 5.11 Å². The molecule has 0 unspecified atom stereocenters. The molecule has 0 saturated carbocycles. The average molecular weight is 519 g/mol. The summed E-state index contributed by atoms with van der Waals surface area (Å²) < 4.78 is 16.9. The van der Waals surface area contributed by atoms with Gasteiger partial charge >= 0.3 is 5.97 Å². The summed E-state index contributed by atoms with van der Waals surface area (Å²) in [6.45, 7) is 5.72.